The van der Waals surface area contributed by atoms with E-state index < -0.39 is 0 Å². The van der Waals surface area contributed by atoms with Crippen molar-refractivity contribution in [1.29, 1.82) is 0 Å². The van der Waals surface area contributed by atoms with Gasteiger partial charge in [-0.05, 0) is 24.3 Å². The Morgan fingerprint density at radius 1 is 0.955 bits per heavy atom. The van der Waals surface area contributed by atoms with Crippen LogP contribution < -0.4 is 10.9 Å². The quantitative estimate of drug-likeness (QED) is 0.606. The van der Waals surface area contributed by atoms with Gasteiger partial charge in [-0.3, -0.25) is 15.6 Å². The highest BCUT2D eigenvalue weighted by molar-refractivity contribution is 6.61. The standard InChI is InChI=1S/C17H18N4O/c1-2-17(22)16(21-20-15-11-7-4-8-12-15)13-18-19-14-9-5-3-6-10-14/h3-13,19-20H,2H2,1H3/b18-13+,21-16+. The zero-order valence-electron chi connectivity index (χ0n) is 12.4. The van der Waals surface area contributed by atoms with Crippen LogP contribution >= 0.6 is 0 Å². The maximum Gasteiger partial charge on any atom is 0.184 e. The summed E-state index contributed by atoms with van der Waals surface area (Å²) < 4.78 is 0. The number of benzene rings is 2. The van der Waals surface area contributed by atoms with Crippen molar-refractivity contribution in [2.45, 2.75) is 13.3 Å². The molecule has 2 N–H and O–H groups in total. The van der Waals surface area contributed by atoms with E-state index in [-0.39, 0.29) is 11.5 Å². The summed E-state index contributed by atoms with van der Waals surface area (Å²) in [4.78, 5) is 11.9. The van der Waals surface area contributed by atoms with E-state index in [0.717, 1.165) is 11.4 Å². The molecule has 0 atom stereocenters. The second-order valence-electron chi connectivity index (χ2n) is 4.49. The van der Waals surface area contributed by atoms with E-state index in [2.05, 4.69) is 21.1 Å². The van der Waals surface area contributed by atoms with Crippen molar-refractivity contribution in [3.63, 3.8) is 0 Å². The molecule has 2 aromatic carbocycles. The molecule has 0 aliphatic carbocycles. The van der Waals surface area contributed by atoms with Crippen molar-refractivity contribution in [1.82, 2.24) is 0 Å². The normalized spacial score (nSPS) is 11.4. The van der Waals surface area contributed by atoms with E-state index in [0.29, 0.717) is 6.42 Å². The van der Waals surface area contributed by atoms with E-state index in [1.165, 1.54) is 6.21 Å². The monoisotopic (exact) mass is 294 g/mol. The summed E-state index contributed by atoms with van der Waals surface area (Å²) in [6.07, 6.45) is 1.79. The molecule has 0 heterocycles. The molecule has 0 saturated heterocycles. The summed E-state index contributed by atoms with van der Waals surface area (Å²) in [6, 6.07) is 18.9. The lowest BCUT2D eigenvalue weighted by molar-refractivity contribution is -0.112. The lowest BCUT2D eigenvalue weighted by Gasteiger charge is -2.02. The van der Waals surface area contributed by atoms with E-state index in [1.807, 2.05) is 60.7 Å². The Bertz CT molecular complexity index is 651. The van der Waals surface area contributed by atoms with Gasteiger partial charge in [0.05, 0.1) is 17.6 Å². The first-order valence-corrected chi connectivity index (χ1v) is 7.05. The Kier molecular flexibility index (Phi) is 5.87. The van der Waals surface area contributed by atoms with Crippen molar-refractivity contribution in [3.05, 3.63) is 60.7 Å². The van der Waals surface area contributed by atoms with Gasteiger partial charge in [0, 0.05) is 6.42 Å². The maximum absolute atomic E-state index is 11.9. The molecule has 5 nitrogen and oxygen atoms in total. The molecule has 22 heavy (non-hydrogen) atoms. The van der Waals surface area contributed by atoms with Crippen molar-refractivity contribution in [2.24, 2.45) is 10.2 Å². The second-order valence-corrected chi connectivity index (χ2v) is 4.49. The Labute approximate surface area is 129 Å². The Morgan fingerprint density at radius 3 is 2.05 bits per heavy atom. The van der Waals surface area contributed by atoms with E-state index in [4.69, 9.17) is 0 Å². The minimum atomic E-state index is -0.0814. The number of carbonyl (C=O) groups is 1. The third kappa shape index (κ3) is 4.86. The zero-order valence-corrected chi connectivity index (χ0v) is 12.4. The van der Waals surface area contributed by atoms with Crippen molar-refractivity contribution < 1.29 is 4.79 Å². The van der Waals surface area contributed by atoms with Crippen LogP contribution in [0.2, 0.25) is 0 Å². The number of rotatable bonds is 7. The first-order valence-electron chi connectivity index (χ1n) is 7.05. The fourth-order valence-electron chi connectivity index (χ4n) is 1.66. The van der Waals surface area contributed by atoms with Crippen molar-refractivity contribution in [2.75, 3.05) is 10.9 Å². The highest BCUT2D eigenvalue weighted by Gasteiger charge is 2.06. The Hall–Kier alpha value is -2.95. The molecule has 0 spiro atoms. The summed E-state index contributed by atoms with van der Waals surface area (Å²) in [5.74, 6) is -0.0814. The van der Waals surface area contributed by atoms with E-state index >= 15 is 0 Å². The fraction of sp³-hybridized carbons (Fsp3) is 0.118. The molecule has 112 valence electrons. The van der Waals surface area contributed by atoms with Crippen LogP contribution in [0.15, 0.2) is 70.9 Å². The maximum atomic E-state index is 11.9. The number of hydrogen-bond donors (Lipinski definition) is 2. The van der Waals surface area contributed by atoms with Crippen LogP contribution in [-0.4, -0.2) is 17.7 Å². The van der Waals surface area contributed by atoms with Gasteiger partial charge < -0.3 is 0 Å². The van der Waals surface area contributed by atoms with Crippen molar-refractivity contribution >= 4 is 29.1 Å². The van der Waals surface area contributed by atoms with Gasteiger partial charge in [-0.2, -0.15) is 10.2 Å². The number of nitrogens with zero attached hydrogens (tertiary/aromatic N) is 2. The largest absolute Gasteiger partial charge is 0.292 e. The van der Waals surface area contributed by atoms with Gasteiger partial charge in [-0.15, -0.1) is 0 Å². The number of hydrogen-bond acceptors (Lipinski definition) is 5. The zero-order chi connectivity index (χ0) is 15.6. The van der Waals surface area contributed by atoms with Gasteiger partial charge in [0.2, 0.25) is 0 Å². The number of Topliss-reactive ketones (excluding diaryl/α,β-unsaturated/α-hetero) is 1. The average Bonchev–Trinajstić information content (AvgIpc) is 2.59. The predicted molar refractivity (Wildman–Crippen MR) is 91.4 cm³/mol. The first-order chi connectivity index (χ1) is 10.8. The highest BCUT2D eigenvalue weighted by atomic mass is 16.1. The molecule has 0 fully saturated rings. The van der Waals surface area contributed by atoms with Crippen LogP contribution in [0, 0.1) is 0 Å². The van der Waals surface area contributed by atoms with Gasteiger partial charge in [-0.1, -0.05) is 43.3 Å². The van der Waals surface area contributed by atoms with Gasteiger partial charge in [0.25, 0.3) is 0 Å². The minimum Gasteiger partial charge on any atom is -0.292 e. The molecule has 2 aromatic rings. The average molecular weight is 294 g/mol. The fourth-order valence-corrected chi connectivity index (χ4v) is 1.66. The molecule has 0 saturated carbocycles. The number of nitrogens with one attached hydrogen (secondary N) is 2. The third-order valence-electron chi connectivity index (χ3n) is 2.84. The van der Waals surface area contributed by atoms with Crippen LogP contribution in [0.4, 0.5) is 11.4 Å². The number of hydrazone groups is 2. The van der Waals surface area contributed by atoms with Crippen LogP contribution in [0.1, 0.15) is 13.3 Å². The molecule has 0 aliphatic heterocycles. The van der Waals surface area contributed by atoms with E-state index in [1.54, 1.807) is 6.92 Å². The van der Waals surface area contributed by atoms with Gasteiger partial charge >= 0.3 is 0 Å². The molecule has 2 rings (SSSR count). The highest BCUT2D eigenvalue weighted by Crippen LogP contribution is 2.05. The minimum absolute atomic E-state index is 0.0814. The number of ketones is 1. The SMILES string of the molecule is CCC(=O)C(/C=N/Nc1ccccc1)=N/Nc1ccccc1. The number of para-hydroxylation sites is 2. The van der Waals surface area contributed by atoms with Crippen LogP contribution in [-0.2, 0) is 4.79 Å². The van der Waals surface area contributed by atoms with Crippen LogP contribution in [0.3, 0.4) is 0 Å². The first kappa shape index (κ1) is 15.4. The molecule has 0 bridgehead atoms. The lowest BCUT2D eigenvalue weighted by atomic mass is 10.2. The van der Waals surface area contributed by atoms with Gasteiger partial charge in [0.1, 0.15) is 5.71 Å². The molecule has 0 aliphatic rings. The smallest absolute Gasteiger partial charge is 0.184 e. The number of anilines is 2. The third-order valence-corrected chi connectivity index (χ3v) is 2.84. The Morgan fingerprint density at radius 2 is 1.50 bits per heavy atom. The summed E-state index contributed by atoms with van der Waals surface area (Å²) in [5, 5.41) is 8.18. The predicted octanol–water partition coefficient (Wildman–Crippen LogP) is 3.53. The molecule has 0 amide bonds. The summed E-state index contributed by atoms with van der Waals surface area (Å²) in [6.45, 7) is 1.79. The molecule has 5 heteroatoms. The van der Waals surface area contributed by atoms with Gasteiger partial charge in [-0.25, -0.2) is 0 Å². The number of carbonyl (C=O) groups excluding carboxylic acids is 1. The van der Waals surface area contributed by atoms with Crippen LogP contribution in [0.5, 0.6) is 0 Å². The molecule has 0 aromatic heterocycles. The summed E-state index contributed by atoms with van der Waals surface area (Å²) >= 11 is 0. The molecular formula is C17H18N4O. The van der Waals surface area contributed by atoms with E-state index in [9.17, 15) is 4.79 Å². The summed E-state index contributed by atoms with van der Waals surface area (Å²) in [5.41, 5.74) is 7.65. The second kappa shape index (κ2) is 8.36. The van der Waals surface area contributed by atoms with Crippen LogP contribution in [0.25, 0.3) is 0 Å². The molecule has 0 radical (unpaired) electrons. The summed E-state index contributed by atoms with van der Waals surface area (Å²) in [7, 11) is 0. The lowest BCUT2D eigenvalue weighted by Crippen LogP contribution is -2.17. The van der Waals surface area contributed by atoms with Crippen molar-refractivity contribution in [3.8, 4) is 0 Å². The molecular weight excluding hydrogens is 276 g/mol. The topological polar surface area (TPSA) is 65.8 Å². The molecule has 0 unspecified atom stereocenters. The Balaban J connectivity index is 2.04. The van der Waals surface area contributed by atoms with Gasteiger partial charge in [0.15, 0.2) is 5.78 Å².